The van der Waals surface area contributed by atoms with E-state index >= 15 is 0 Å². The van der Waals surface area contributed by atoms with Gasteiger partial charge >= 0.3 is 0 Å². The standard InChI is InChI=1S/C17H19BrO3/c1-3-21-14-7-8-15(16(18)11-14)17(19)10-12-5-4-6-13(9-12)20-2/h4-9,11,17,19H,3,10H2,1-2H3. The summed E-state index contributed by atoms with van der Waals surface area (Å²) in [5.74, 6) is 1.59. The van der Waals surface area contributed by atoms with Gasteiger partial charge in [-0.05, 0) is 42.3 Å². The Bertz CT molecular complexity index is 598. The highest BCUT2D eigenvalue weighted by Crippen LogP contribution is 2.30. The van der Waals surface area contributed by atoms with Crippen LogP contribution in [0.25, 0.3) is 0 Å². The smallest absolute Gasteiger partial charge is 0.120 e. The van der Waals surface area contributed by atoms with Crippen LogP contribution in [0, 0.1) is 0 Å². The van der Waals surface area contributed by atoms with Crippen molar-refractivity contribution in [3.05, 3.63) is 58.1 Å². The van der Waals surface area contributed by atoms with Gasteiger partial charge in [-0.1, -0.05) is 34.1 Å². The van der Waals surface area contributed by atoms with E-state index in [1.165, 1.54) is 0 Å². The fourth-order valence-electron chi connectivity index (χ4n) is 2.17. The highest BCUT2D eigenvalue weighted by Gasteiger charge is 2.13. The monoisotopic (exact) mass is 350 g/mol. The van der Waals surface area contributed by atoms with Gasteiger partial charge in [-0.2, -0.15) is 0 Å². The Morgan fingerprint density at radius 3 is 2.62 bits per heavy atom. The molecule has 0 radical (unpaired) electrons. The largest absolute Gasteiger partial charge is 0.497 e. The predicted molar refractivity (Wildman–Crippen MR) is 87.0 cm³/mol. The lowest BCUT2D eigenvalue weighted by Crippen LogP contribution is -2.03. The van der Waals surface area contributed by atoms with E-state index in [-0.39, 0.29) is 0 Å². The summed E-state index contributed by atoms with van der Waals surface area (Å²) in [5, 5.41) is 10.4. The molecular formula is C17H19BrO3. The third kappa shape index (κ3) is 4.22. The molecule has 0 heterocycles. The summed E-state index contributed by atoms with van der Waals surface area (Å²) in [6.07, 6.45) is -0.0498. The minimum Gasteiger partial charge on any atom is -0.497 e. The number of halogens is 1. The first-order valence-corrected chi connectivity index (χ1v) is 7.66. The third-order valence-electron chi connectivity index (χ3n) is 3.21. The van der Waals surface area contributed by atoms with Crippen molar-refractivity contribution in [3.63, 3.8) is 0 Å². The second kappa shape index (κ2) is 7.48. The normalized spacial score (nSPS) is 12.0. The summed E-state index contributed by atoms with van der Waals surface area (Å²) in [5.41, 5.74) is 1.88. The Kier molecular flexibility index (Phi) is 5.65. The molecule has 0 aliphatic heterocycles. The minimum absolute atomic E-state index is 0.532. The first-order chi connectivity index (χ1) is 10.1. The lowest BCUT2D eigenvalue weighted by molar-refractivity contribution is 0.177. The van der Waals surface area contributed by atoms with Gasteiger partial charge < -0.3 is 14.6 Å². The predicted octanol–water partition coefficient (Wildman–Crippen LogP) is 4.13. The molecule has 0 fully saturated rings. The summed E-state index contributed by atoms with van der Waals surface area (Å²) in [7, 11) is 1.64. The summed E-state index contributed by atoms with van der Waals surface area (Å²) in [6, 6.07) is 13.4. The fourth-order valence-corrected chi connectivity index (χ4v) is 2.79. The zero-order valence-corrected chi connectivity index (χ0v) is 13.8. The van der Waals surface area contributed by atoms with Crippen LogP contribution in [0.4, 0.5) is 0 Å². The van der Waals surface area contributed by atoms with Gasteiger partial charge in [0, 0.05) is 10.9 Å². The number of hydrogen-bond donors (Lipinski definition) is 1. The average molecular weight is 351 g/mol. The van der Waals surface area contributed by atoms with Gasteiger partial charge in [0.05, 0.1) is 19.8 Å². The second-order valence-electron chi connectivity index (χ2n) is 4.69. The van der Waals surface area contributed by atoms with Gasteiger partial charge in [-0.15, -0.1) is 0 Å². The third-order valence-corrected chi connectivity index (χ3v) is 3.89. The molecule has 0 amide bonds. The molecule has 1 unspecified atom stereocenters. The zero-order valence-electron chi connectivity index (χ0n) is 12.2. The number of ether oxygens (including phenoxy) is 2. The van der Waals surface area contributed by atoms with Gasteiger partial charge in [-0.3, -0.25) is 0 Å². The van der Waals surface area contributed by atoms with E-state index in [1.807, 2.05) is 49.4 Å². The highest BCUT2D eigenvalue weighted by atomic mass is 79.9. The van der Waals surface area contributed by atoms with Crippen molar-refractivity contribution >= 4 is 15.9 Å². The second-order valence-corrected chi connectivity index (χ2v) is 5.54. The van der Waals surface area contributed by atoms with Crippen molar-refractivity contribution in [1.82, 2.24) is 0 Å². The van der Waals surface area contributed by atoms with E-state index < -0.39 is 6.10 Å². The fraction of sp³-hybridized carbons (Fsp3) is 0.294. The molecule has 2 aromatic carbocycles. The molecule has 0 spiro atoms. The van der Waals surface area contributed by atoms with E-state index in [1.54, 1.807) is 7.11 Å². The van der Waals surface area contributed by atoms with E-state index in [4.69, 9.17) is 9.47 Å². The molecule has 2 aromatic rings. The summed E-state index contributed by atoms with van der Waals surface area (Å²) in [6.45, 7) is 2.57. The van der Waals surface area contributed by atoms with Crippen molar-refractivity contribution in [2.75, 3.05) is 13.7 Å². The van der Waals surface area contributed by atoms with Gasteiger partial charge in [0.15, 0.2) is 0 Å². The number of aliphatic hydroxyl groups excluding tert-OH is 1. The number of hydrogen-bond acceptors (Lipinski definition) is 3. The first kappa shape index (κ1) is 15.9. The Labute approximate surface area is 133 Å². The highest BCUT2D eigenvalue weighted by molar-refractivity contribution is 9.10. The SMILES string of the molecule is CCOc1ccc(C(O)Cc2cccc(OC)c2)c(Br)c1. The molecule has 0 saturated heterocycles. The van der Waals surface area contributed by atoms with Crippen LogP contribution in [0.15, 0.2) is 46.9 Å². The van der Waals surface area contributed by atoms with Crippen LogP contribution in [0.2, 0.25) is 0 Å². The lowest BCUT2D eigenvalue weighted by atomic mass is 10.0. The minimum atomic E-state index is -0.581. The van der Waals surface area contributed by atoms with Gasteiger partial charge in [0.1, 0.15) is 11.5 Å². The van der Waals surface area contributed by atoms with Crippen LogP contribution < -0.4 is 9.47 Å². The van der Waals surface area contributed by atoms with Crippen LogP contribution in [0.1, 0.15) is 24.2 Å². The molecule has 0 aromatic heterocycles. The number of aliphatic hydroxyl groups is 1. The Balaban J connectivity index is 2.14. The summed E-state index contributed by atoms with van der Waals surface area (Å²) < 4.78 is 11.5. The van der Waals surface area contributed by atoms with Crippen LogP contribution >= 0.6 is 15.9 Å². The van der Waals surface area contributed by atoms with Crippen LogP contribution in [-0.2, 0) is 6.42 Å². The van der Waals surface area contributed by atoms with E-state index in [2.05, 4.69) is 15.9 Å². The number of rotatable bonds is 6. The van der Waals surface area contributed by atoms with Crippen molar-refractivity contribution in [1.29, 1.82) is 0 Å². The molecule has 1 N–H and O–H groups in total. The van der Waals surface area contributed by atoms with Gasteiger partial charge in [-0.25, -0.2) is 0 Å². The number of methoxy groups -OCH3 is 1. The van der Waals surface area contributed by atoms with Crippen molar-refractivity contribution in [2.24, 2.45) is 0 Å². The van der Waals surface area contributed by atoms with E-state index in [0.717, 1.165) is 27.1 Å². The van der Waals surface area contributed by atoms with Crippen LogP contribution in [-0.4, -0.2) is 18.8 Å². The maximum absolute atomic E-state index is 10.4. The Hall–Kier alpha value is -1.52. The number of benzene rings is 2. The molecule has 0 aliphatic carbocycles. The Morgan fingerprint density at radius 2 is 1.95 bits per heavy atom. The molecule has 0 saturated carbocycles. The average Bonchev–Trinajstić information content (AvgIpc) is 2.47. The lowest BCUT2D eigenvalue weighted by Gasteiger charge is -2.15. The molecule has 0 bridgehead atoms. The van der Waals surface area contributed by atoms with Crippen LogP contribution in [0.3, 0.4) is 0 Å². The molecule has 2 rings (SSSR count). The quantitative estimate of drug-likeness (QED) is 0.850. The van der Waals surface area contributed by atoms with Crippen molar-refractivity contribution in [3.8, 4) is 11.5 Å². The first-order valence-electron chi connectivity index (χ1n) is 6.87. The van der Waals surface area contributed by atoms with Crippen molar-refractivity contribution in [2.45, 2.75) is 19.4 Å². The van der Waals surface area contributed by atoms with Gasteiger partial charge in [0.2, 0.25) is 0 Å². The van der Waals surface area contributed by atoms with Crippen LogP contribution in [0.5, 0.6) is 11.5 Å². The molecule has 1 atom stereocenters. The molecule has 3 nitrogen and oxygen atoms in total. The maximum Gasteiger partial charge on any atom is 0.120 e. The molecule has 0 aliphatic rings. The Morgan fingerprint density at radius 1 is 1.14 bits per heavy atom. The molecule has 21 heavy (non-hydrogen) atoms. The zero-order chi connectivity index (χ0) is 15.2. The molecular weight excluding hydrogens is 332 g/mol. The van der Waals surface area contributed by atoms with E-state index in [0.29, 0.717) is 13.0 Å². The van der Waals surface area contributed by atoms with E-state index in [9.17, 15) is 5.11 Å². The molecule has 4 heteroatoms. The molecule has 112 valence electrons. The maximum atomic E-state index is 10.4. The van der Waals surface area contributed by atoms with Gasteiger partial charge in [0.25, 0.3) is 0 Å². The van der Waals surface area contributed by atoms with Crippen molar-refractivity contribution < 1.29 is 14.6 Å². The topological polar surface area (TPSA) is 38.7 Å². The summed E-state index contributed by atoms with van der Waals surface area (Å²) in [4.78, 5) is 0. The summed E-state index contributed by atoms with van der Waals surface area (Å²) >= 11 is 3.49.